The van der Waals surface area contributed by atoms with Crippen LogP contribution in [0.15, 0.2) is 57.9 Å². The Morgan fingerprint density at radius 3 is 2.59 bits per heavy atom. The van der Waals surface area contributed by atoms with Gasteiger partial charge in [0.25, 0.3) is 5.91 Å². The summed E-state index contributed by atoms with van der Waals surface area (Å²) in [7, 11) is 3.68. The average molecular weight is 540 g/mol. The number of thioether (sulfide) groups is 1. The number of fused-ring (bicyclic) bond motifs is 3. The standard InChI is InChI=1S/C26H25N3O6S2/c1-29(2)14-7-8-15(30)19-24(34)21-17(37-25(14)19)10-11-9-16(31)20(22(32)18(11)23(21)33)26(35)28-27-12-3-5-13(36)6-4-12/h3-5,7-8,11,17-18,27,30,32,34H,6,9-10H2,1-2H3,(H,28,35). The number of phenols is 1. The van der Waals surface area contributed by atoms with E-state index in [9.17, 15) is 29.7 Å². The summed E-state index contributed by atoms with van der Waals surface area (Å²) in [6.07, 6.45) is 5.94. The largest absolute Gasteiger partial charge is 0.511 e. The molecule has 1 aliphatic heterocycles. The van der Waals surface area contributed by atoms with Crippen LogP contribution in [0.4, 0.5) is 5.69 Å². The second kappa shape index (κ2) is 9.38. The number of benzene rings is 1. The monoisotopic (exact) mass is 539 g/mol. The second-order valence-electron chi connectivity index (χ2n) is 9.54. The van der Waals surface area contributed by atoms with E-state index in [1.807, 2.05) is 19.0 Å². The van der Waals surface area contributed by atoms with Crippen LogP contribution in [0.1, 0.15) is 24.8 Å². The van der Waals surface area contributed by atoms with Gasteiger partial charge in [-0.15, -0.1) is 11.8 Å². The quantitative estimate of drug-likeness (QED) is 0.220. The lowest BCUT2D eigenvalue weighted by Gasteiger charge is -2.41. The maximum absolute atomic E-state index is 13.7. The van der Waals surface area contributed by atoms with E-state index >= 15 is 0 Å². The summed E-state index contributed by atoms with van der Waals surface area (Å²) >= 11 is 6.43. The molecule has 11 heteroatoms. The predicted molar refractivity (Wildman–Crippen MR) is 143 cm³/mol. The summed E-state index contributed by atoms with van der Waals surface area (Å²) in [4.78, 5) is 42.7. The Balaban J connectivity index is 1.48. The highest BCUT2D eigenvalue weighted by molar-refractivity contribution is 8.00. The Labute approximate surface area is 222 Å². The third kappa shape index (κ3) is 4.21. The van der Waals surface area contributed by atoms with Crippen LogP contribution in [0.25, 0.3) is 5.76 Å². The van der Waals surface area contributed by atoms with E-state index in [1.54, 1.807) is 24.3 Å². The van der Waals surface area contributed by atoms with Crippen molar-refractivity contribution in [3.05, 3.63) is 58.5 Å². The molecule has 3 atom stereocenters. The number of rotatable bonds is 4. The number of carbonyl (C=O) groups excluding carboxylic acids is 3. The Bertz CT molecular complexity index is 1390. The summed E-state index contributed by atoms with van der Waals surface area (Å²) in [6.45, 7) is 0. The molecule has 1 saturated carbocycles. The molecule has 1 aromatic carbocycles. The number of aromatic hydroxyl groups is 1. The molecule has 0 aromatic heterocycles. The van der Waals surface area contributed by atoms with Gasteiger partial charge < -0.3 is 20.2 Å². The normalized spacial score (nSPS) is 24.8. The lowest BCUT2D eigenvalue weighted by atomic mass is 9.67. The van der Waals surface area contributed by atoms with E-state index in [0.717, 1.165) is 10.6 Å². The second-order valence-corrected chi connectivity index (χ2v) is 11.3. The van der Waals surface area contributed by atoms with Crippen molar-refractivity contribution >= 4 is 57.8 Å². The molecule has 3 unspecified atom stereocenters. The number of thiocarbonyl (C=S) groups is 1. The molecule has 37 heavy (non-hydrogen) atoms. The third-order valence-electron chi connectivity index (χ3n) is 7.00. The van der Waals surface area contributed by atoms with Crippen LogP contribution in [0.5, 0.6) is 5.75 Å². The lowest BCUT2D eigenvalue weighted by molar-refractivity contribution is -0.127. The Hall–Kier alpha value is -3.57. The van der Waals surface area contributed by atoms with Crippen molar-refractivity contribution in [2.75, 3.05) is 19.0 Å². The number of Topliss-reactive ketones (excluding diaryl/α,β-unsaturated/α-hetero) is 2. The fourth-order valence-electron chi connectivity index (χ4n) is 5.23. The van der Waals surface area contributed by atoms with E-state index in [1.165, 1.54) is 17.8 Å². The molecule has 0 radical (unpaired) electrons. The summed E-state index contributed by atoms with van der Waals surface area (Å²) in [5, 5.41) is 32.2. The molecular formula is C26H25N3O6S2. The van der Waals surface area contributed by atoms with Crippen LogP contribution < -0.4 is 15.8 Å². The first-order valence-electron chi connectivity index (χ1n) is 11.7. The Morgan fingerprint density at radius 2 is 1.92 bits per heavy atom. The first-order valence-corrected chi connectivity index (χ1v) is 13.0. The minimum atomic E-state index is -1.14. The van der Waals surface area contributed by atoms with Gasteiger partial charge in [-0.05, 0) is 36.6 Å². The molecule has 5 rings (SSSR count). The van der Waals surface area contributed by atoms with Crippen molar-refractivity contribution in [1.29, 1.82) is 0 Å². The van der Waals surface area contributed by atoms with Crippen LogP contribution in [-0.4, -0.2) is 57.0 Å². The highest BCUT2D eigenvalue weighted by Gasteiger charge is 2.51. The number of nitrogens with one attached hydrogen (secondary N) is 2. The number of allylic oxidation sites excluding steroid dienone is 4. The Kier molecular flexibility index (Phi) is 6.36. The van der Waals surface area contributed by atoms with Crippen LogP contribution in [-0.2, 0) is 14.4 Å². The molecule has 1 fully saturated rings. The van der Waals surface area contributed by atoms with Gasteiger partial charge in [0.05, 0.1) is 28.4 Å². The topological polar surface area (TPSA) is 139 Å². The van der Waals surface area contributed by atoms with Crippen LogP contribution in [0.3, 0.4) is 0 Å². The van der Waals surface area contributed by atoms with Crippen molar-refractivity contribution in [3.63, 3.8) is 0 Å². The molecule has 0 saturated heterocycles. The van der Waals surface area contributed by atoms with E-state index in [2.05, 4.69) is 10.9 Å². The van der Waals surface area contributed by atoms with Crippen molar-refractivity contribution in [2.24, 2.45) is 11.8 Å². The molecule has 4 aliphatic rings. The molecule has 0 spiro atoms. The first-order chi connectivity index (χ1) is 17.6. The number of carbonyl (C=O) groups is 3. The zero-order valence-corrected chi connectivity index (χ0v) is 21.7. The molecule has 3 aliphatic carbocycles. The maximum Gasteiger partial charge on any atom is 0.276 e. The van der Waals surface area contributed by atoms with Gasteiger partial charge in [-0.1, -0.05) is 18.3 Å². The van der Waals surface area contributed by atoms with E-state index in [4.69, 9.17) is 12.2 Å². The maximum atomic E-state index is 13.7. The molecule has 1 aromatic rings. The smallest absolute Gasteiger partial charge is 0.276 e. The fourth-order valence-corrected chi connectivity index (χ4v) is 7.04. The number of amides is 1. The number of phenolic OH excluding ortho intramolecular Hbond substituents is 1. The van der Waals surface area contributed by atoms with E-state index in [0.29, 0.717) is 23.4 Å². The number of aliphatic hydroxyl groups is 2. The van der Waals surface area contributed by atoms with Gasteiger partial charge in [0.15, 0.2) is 11.6 Å². The summed E-state index contributed by atoms with van der Waals surface area (Å²) in [6, 6.07) is 3.19. The third-order valence-corrected chi connectivity index (χ3v) is 8.67. The Morgan fingerprint density at radius 1 is 1.16 bits per heavy atom. The fraction of sp³-hybridized carbons (Fsp3) is 0.308. The van der Waals surface area contributed by atoms with Gasteiger partial charge in [0.2, 0.25) is 0 Å². The predicted octanol–water partition coefficient (Wildman–Crippen LogP) is 3.03. The number of ketones is 2. The van der Waals surface area contributed by atoms with Crippen LogP contribution in [0.2, 0.25) is 0 Å². The summed E-state index contributed by atoms with van der Waals surface area (Å²) in [5.41, 5.74) is 6.22. The average Bonchev–Trinajstić information content (AvgIpc) is 2.83. The molecular weight excluding hydrogens is 514 g/mol. The number of aliphatic hydroxyl groups excluding tert-OH is 2. The number of hydrogen-bond acceptors (Lipinski definition) is 10. The zero-order valence-electron chi connectivity index (χ0n) is 20.1. The van der Waals surface area contributed by atoms with Gasteiger partial charge in [-0.25, -0.2) is 0 Å². The zero-order chi connectivity index (χ0) is 26.6. The molecule has 1 amide bonds. The molecule has 9 nitrogen and oxygen atoms in total. The van der Waals surface area contributed by atoms with Gasteiger partial charge in [0.1, 0.15) is 22.8 Å². The van der Waals surface area contributed by atoms with Gasteiger partial charge >= 0.3 is 0 Å². The first kappa shape index (κ1) is 25.1. The van der Waals surface area contributed by atoms with Gasteiger partial charge in [-0.3, -0.25) is 25.2 Å². The van der Waals surface area contributed by atoms with E-state index in [-0.39, 0.29) is 29.1 Å². The highest BCUT2D eigenvalue weighted by Crippen LogP contribution is 2.55. The van der Waals surface area contributed by atoms with Crippen molar-refractivity contribution in [1.82, 2.24) is 10.9 Å². The molecule has 192 valence electrons. The number of hydrazine groups is 1. The summed E-state index contributed by atoms with van der Waals surface area (Å²) < 4.78 is 0. The highest BCUT2D eigenvalue weighted by atomic mass is 32.2. The van der Waals surface area contributed by atoms with Crippen molar-refractivity contribution < 1.29 is 29.7 Å². The van der Waals surface area contributed by atoms with Crippen molar-refractivity contribution in [2.45, 2.75) is 29.4 Å². The van der Waals surface area contributed by atoms with Crippen molar-refractivity contribution in [3.8, 4) is 5.75 Å². The van der Waals surface area contributed by atoms with Crippen LogP contribution >= 0.6 is 24.0 Å². The number of nitrogens with zero attached hydrogens (tertiary/aromatic N) is 1. The van der Waals surface area contributed by atoms with E-state index < -0.39 is 45.9 Å². The summed E-state index contributed by atoms with van der Waals surface area (Å²) in [5.74, 6) is -4.72. The molecule has 5 N–H and O–H groups in total. The SMILES string of the molecule is CN(C)c1ccc(O)c2c1SC1CC3CC(=O)C(C(=O)NNC4=CCC(=S)C=C4)=C(O)C3C(=O)C1=C2O. The molecule has 1 heterocycles. The minimum absolute atomic E-state index is 0.0807. The number of hydrogen-bond donors (Lipinski definition) is 5. The van der Waals surface area contributed by atoms with Crippen LogP contribution in [0, 0.1) is 11.8 Å². The van der Waals surface area contributed by atoms with Gasteiger partial charge in [-0.2, -0.15) is 0 Å². The minimum Gasteiger partial charge on any atom is -0.511 e. The van der Waals surface area contributed by atoms with Gasteiger partial charge in [0, 0.05) is 41.9 Å². The molecule has 0 bridgehead atoms. The lowest BCUT2D eigenvalue weighted by Crippen LogP contribution is -2.47. The number of anilines is 1.